The Bertz CT molecular complexity index is 326. The highest BCUT2D eigenvalue weighted by Gasteiger charge is 2.36. The summed E-state index contributed by atoms with van der Waals surface area (Å²) in [6.07, 6.45) is 4.84. The second-order valence-corrected chi connectivity index (χ2v) is 6.50. The van der Waals surface area contributed by atoms with Crippen molar-refractivity contribution in [2.24, 2.45) is 17.8 Å². The van der Waals surface area contributed by atoms with Crippen LogP contribution in [0.4, 0.5) is 0 Å². The number of hydrogen-bond donors (Lipinski definition) is 1. The van der Waals surface area contributed by atoms with Gasteiger partial charge in [-0.05, 0) is 39.9 Å². The van der Waals surface area contributed by atoms with Crippen LogP contribution in [0.2, 0.25) is 0 Å². The lowest BCUT2D eigenvalue weighted by atomic mass is 9.74. The average Bonchev–Trinajstić information content (AvgIpc) is 2.42. The van der Waals surface area contributed by atoms with Crippen LogP contribution in [-0.2, 0) is 9.59 Å². The molecular weight excluding hydrogens is 252 g/mol. The van der Waals surface area contributed by atoms with Gasteiger partial charge in [0.2, 0.25) is 5.91 Å². The Morgan fingerprint density at radius 3 is 2.30 bits per heavy atom. The molecule has 2 atom stereocenters. The maximum atomic E-state index is 12.3. The van der Waals surface area contributed by atoms with Crippen molar-refractivity contribution in [1.82, 2.24) is 10.2 Å². The number of Topliss-reactive ketones (excluding diaryl/α,β-unsaturated/α-hetero) is 1. The summed E-state index contributed by atoms with van der Waals surface area (Å²) < 4.78 is 0. The van der Waals surface area contributed by atoms with E-state index in [1.807, 2.05) is 27.9 Å². The van der Waals surface area contributed by atoms with E-state index in [2.05, 4.69) is 10.2 Å². The fourth-order valence-corrected chi connectivity index (χ4v) is 2.95. The maximum absolute atomic E-state index is 12.3. The van der Waals surface area contributed by atoms with Crippen LogP contribution >= 0.6 is 0 Å². The van der Waals surface area contributed by atoms with Crippen LogP contribution < -0.4 is 5.32 Å². The molecule has 0 aromatic heterocycles. The SMILES string of the molecule is CC(C)C(=O)[C@H]1CCCC[C@H]1C(=O)NCCCN(C)C. The van der Waals surface area contributed by atoms with Gasteiger partial charge in [-0.1, -0.05) is 26.7 Å². The van der Waals surface area contributed by atoms with Crippen molar-refractivity contribution >= 4 is 11.7 Å². The molecular formula is C16H30N2O2. The van der Waals surface area contributed by atoms with Crippen LogP contribution in [0, 0.1) is 17.8 Å². The molecule has 1 N–H and O–H groups in total. The molecule has 0 radical (unpaired) electrons. The average molecular weight is 282 g/mol. The van der Waals surface area contributed by atoms with Gasteiger partial charge in [0.1, 0.15) is 5.78 Å². The zero-order valence-electron chi connectivity index (χ0n) is 13.4. The van der Waals surface area contributed by atoms with E-state index in [0.29, 0.717) is 6.54 Å². The second-order valence-electron chi connectivity index (χ2n) is 6.50. The summed E-state index contributed by atoms with van der Waals surface area (Å²) in [7, 11) is 4.06. The Kier molecular flexibility index (Phi) is 7.20. The normalized spacial score (nSPS) is 23.1. The number of ketones is 1. The highest BCUT2D eigenvalue weighted by atomic mass is 16.2. The molecule has 1 aliphatic carbocycles. The molecule has 116 valence electrons. The summed E-state index contributed by atoms with van der Waals surface area (Å²) in [5.41, 5.74) is 0. The molecule has 1 amide bonds. The van der Waals surface area contributed by atoms with Crippen molar-refractivity contribution in [2.75, 3.05) is 27.2 Å². The van der Waals surface area contributed by atoms with Crippen LogP contribution in [0.1, 0.15) is 46.0 Å². The van der Waals surface area contributed by atoms with E-state index < -0.39 is 0 Å². The van der Waals surface area contributed by atoms with Gasteiger partial charge >= 0.3 is 0 Å². The number of amides is 1. The zero-order valence-corrected chi connectivity index (χ0v) is 13.4. The number of nitrogens with one attached hydrogen (secondary N) is 1. The first-order valence-corrected chi connectivity index (χ1v) is 7.89. The predicted octanol–water partition coefficient (Wildman–Crippen LogP) is 2.09. The van der Waals surface area contributed by atoms with Gasteiger partial charge in [0.15, 0.2) is 0 Å². The lowest BCUT2D eigenvalue weighted by Gasteiger charge is -2.30. The van der Waals surface area contributed by atoms with Crippen LogP contribution in [0.25, 0.3) is 0 Å². The standard InChI is InChI=1S/C16H30N2O2/c1-12(2)15(19)13-8-5-6-9-14(13)16(20)17-10-7-11-18(3)4/h12-14H,5-11H2,1-4H3,(H,17,20)/t13-,14+/m0/s1. The van der Waals surface area contributed by atoms with Gasteiger partial charge in [-0.25, -0.2) is 0 Å². The van der Waals surface area contributed by atoms with Gasteiger partial charge < -0.3 is 10.2 Å². The van der Waals surface area contributed by atoms with Gasteiger partial charge in [0, 0.05) is 24.3 Å². The summed E-state index contributed by atoms with van der Waals surface area (Å²) in [6, 6.07) is 0. The summed E-state index contributed by atoms with van der Waals surface area (Å²) >= 11 is 0. The molecule has 0 spiro atoms. The van der Waals surface area contributed by atoms with Gasteiger partial charge in [-0.2, -0.15) is 0 Å². The van der Waals surface area contributed by atoms with Crippen LogP contribution in [0.15, 0.2) is 0 Å². The molecule has 0 saturated heterocycles. The highest BCUT2D eigenvalue weighted by Crippen LogP contribution is 2.32. The lowest BCUT2D eigenvalue weighted by Crippen LogP contribution is -2.41. The van der Waals surface area contributed by atoms with Crippen molar-refractivity contribution in [3.63, 3.8) is 0 Å². The second kappa shape index (κ2) is 8.40. The van der Waals surface area contributed by atoms with Gasteiger partial charge in [0.25, 0.3) is 0 Å². The third-order valence-corrected chi connectivity index (χ3v) is 4.12. The number of hydrogen-bond acceptors (Lipinski definition) is 3. The van der Waals surface area contributed by atoms with E-state index in [1.54, 1.807) is 0 Å². The molecule has 4 heteroatoms. The highest BCUT2D eigenvalue weighted by molar-refractivity contribution is 5.89. The minimum Gasteiger partial charge on any atom is -0.356 e. The Hall–Kier alpha value is -0.900. The predicted molar refractivity (Wildman–Crippen MR) is 81.5 cm³/mol. The summed E-state index contributed by atoms with van der Waals surface area (Å²) in [4.78, 5) is 26.7. The number of rotatable bonds is 7. The van der Waals surface area contributed by atoms with Gasteiger partial charge in [-0.15, -0.1) is 0 Å². The molecule has 4 nitrogen and oxygen atoms in total. The van der Waals surface area contributed by atoms with E-state index >= 15 is 0 Å². The Morgan fingerprint density at radius 2 is 1.75 bits per heavy atom. The lowest BCUT2D eigenvalue weighted by molar-refractivity contribution is -0.137. The Morgan fingerprint density at radius 1 is 1.15 bits per heavy atom. The number of nitrogens with zero attached hydrogens (tertiary/aromatic N) is 1. The van der Waals surface area contributed by atoms with Crippen LogP contribution in [0.3, 0.4) is 0 Å². The largest absolute Gasteiger partial charge is 0.356 e. The summed E-state index contributed by atoms with van der Waals surface area (Å²) in [5, 5.41) is 3.01. The molecule has 1 saturated carbocycles. The van der Waals surface area contributed by atoms with E-state index in [1.165, 1.54) is 0 Å². The van der Waals surface area contributed by atoms with E-state index in [4.69, 9.17) is 0 Å². The molecule has 1 aliphatic rings. The molecule has 0 heterocycles. The molecule has 0 unspecified atom stereocenters. The van der Waals surface area contributed by atoms with E-state index in [0.717, 1.165) is 38.6 Å². The monoisotopic (exact) mass is 282 g/mol. The molecule has 0 aliphatic heterocycles. The van der Waals surface area contributed by atoms with Crippen molar-refractivity contribution in [2.45, 2.75) is 46.0 Å². The summed E-state index contributed by atoms with van der Waals surface area (Å²) in [5.74, 6) is 0.221. The first-order chi connectivity index (χ1) is 9.43. The van der Waals surface area contributed by atoms with Crippen molar-refractivity contribution in [1.29, 1.82) is 0 Å². The smallest absolute Gasteiger partial charge is 0.223 e. The van der Waals surface area contributed by atoms with Crippen molar-refractivity contribution < 1.29 is 9.59 Å². The minimum atomic E-state index is -0.0991. The molecule has 0 aromatic rings. The molecule has 20 heavy (non-hydrogen) atoms. The van der Waals surface area contributed by atoms with E-state index in [-0.39, 0.29) is 29.4 Å². The topological polar surface area (TPSA) is 49.4 Å². The maximum Gasteiger partial charge on any atom is 0.223 e. The number of carbonyl (C=O) groups excluding carboxylic acids is 2. The van der Waals surface area contributed by atoms with Gasteiger partial charge in [0.05, 0.1) is 0 Å². The Labute approximate surface area is 123 Å². The third kappa shape index (κ3) is 5.23. The number of carbonyl (C=O) groups is 2. The fourth-order valence-electron chi connectivity index (χ4n) is 2.95. The summed E-state index contributed by atoms with van der Waals surface area (Å²) in [6.45, 7) is 5.54. The molecule has 1 fully saturated rings. The van der Waals surface area contributed by atoms with Crippen LogP contribution in [0.5, 0.6) is 0 Å². The van der Waals surface area contributed by atoms with Crippen molar-refractivity contribution in [3.8, 4) is 0 Å². The fraction of sp³-hybridized carbons (Fsp3) is 0.875. The molecule has 0 bridgehead atoms. The molecule has 0 aromatic carbocycles. The molecule has 1 rings (SSSR count). The first kappa shape index (κ1) is 17.2. The Balaban J connectivity index is 2.48. The van der Waals surface area contributed by atoms with Crippen molar-refractivity contribution in [3.05, 3.63) is 0 Å². The quantitative estimate of drug-likeness (QED) is 0.727. The minimum absolute atomic E-state index is 0.0298. The third-order valence-electron chi connectivity index (χ3n) is 4.12. The van der Waals surface area contributed by atoms with Crippen LogP contribution in [-0.4, -0.2) is 43.8 Å². The first-order valence-electron chi connectivity index (χ1n) is 7.89. The zero-order chi connectivity index (χ0) is 15.1. The van der Waals surface area contributed by atoms with Gasteiger partial charge in [-0.3, -0.25) is 9.59 Å². The van der Waals surface area contributed by atoms with E-state index in [9.17, 15) is 9.59 Å².